The Balaban J connectivity index is 1.63. The number of esters is 1. The molecule has 1 aromatic heterocycles. The molecule has 3 aromatic carbocycles. The van der Waals surface area contributed by atoms with E-state index in [1.165, 1.54) is 0 Å². The van der Waals surface area contributed by atoms with Crippen molar-refractivity contribution in [2.24, 2.45) is 0 Å². The normalized spacial score (nSPS) is 11.6. The van der Waals surface area contributed by atoms with E-state index in [0.29, 0.717) is 23.4 Å². The van der Waals surface area contributed by atoms with Crippen molar-refractivity contribution in [3.05, 3.63) is 118 Å². The summed E-state index contributed by atoms with van der Waals surface area (Å²) in [5.74, 6) is -0.434. The average molecular weight is 393 g/mol. The molecular formula is C26H19NO3. The maximum absolute atomic E-state index is 13.3. The number of nitrogens with zero attached hydrogens (tertiary/aromatic N) is 1. The summed E-state index contributed by atoms with van der Waals surface area (Å²) in [6.45, 7) is 0.629. The number of hydrogen-bond donors (Lipinski definition) is 0. The number of pyridine rings is 1. The standard InChI is InChI=1S/C26H19NO3/c28-25-22(19-11-5-2-6-12-19)15-23(26(29)30-17-18-9-3-1-4-10-18)24-21-14-8-7-13-20(21)16-27(24)25/h1-15H,16-17H2. The predicted octanol–water partition coefficient (Wildman–Crippen LogP) is 4.90. The summed E-state index contributed by atoms with van der Waals surface area (Å²) in [5.41, 5.74) is 5.07. The maximum atomic E-state index is 13.3. The second kappa shape index (κ2) is 7.48. The zero-order valence-corrected chi connectivity index (χ0v) is 16.2. The van der Waals surface area contributed by atoms with Gasteiger partial charge in [-0.3, -0.25) is 4.79 Å². The molecule has 0 fully saturated rings. The molecule has 30 heavy (non-hydrogen) atoms. The lowest BCUT2D eigenvalue weighted by Gasteiger charge is -2.13. The Morgan fingerprint density at radius 1 is 0.833 bits per heavy atom. The van der Waals surface area contributed by atoms with E-state index in [1.807, 2.05) is 84.9 Å². The Morgan fingerprint density at radius 3 is 2.27 bits per heavy atom. The first kappa shape index (κ1) is 18.1. The minimum atomic E-state index is -0.434. The monoisotopic (exact) mass is 393 g/mol. The summed E-state index contributed by atoms with van der Waals surface area (Å²) >= 11 is 0. The third kappa shape index (κ3) is 3.12. The highest BCUT2D eigenvalue weighted by atomic mass is 16.5. The van der Waals surface area contributed by atoms with E-state index in [4.69, 9.17) is 4.74 Å². The van der Waals surface area contributed by atoms with Crippen LogP contribution in [0.1, 0.15) is 21.5 Å². The van der Waals surface area contributed by atoms with Crippen LogP contribution in [0.25, 0.3) is 22.4 Å². The largest absolute Gasteiger partial charge is 0.457 e. The van der Waals surface area contributed by atoms with Crippen LogP contribution in [-0.4, -0.2) is 10.5 Å². The zero-order chi connectivity index (χ0) is 20.5. The van der Waals surface area contributed by atoms with E-state index >= 15 is 0 Å². The van der Waals surface area contributed by atoms with Gasteiger partial charge < -0.3 is 9.30 Å². The highest BCUT2D eigenvalue weighted by molar-refractivity contribution is 5.98. The molecule has 0 atom stereocenters. The summed E-state index contributed by atoms with van der Waals surface area (Å²) in [4.78, 5) is 26.4. The molecule has 4 heteroatoms. The molecule has 0 aliphatic carbocycles. The van der Waals surface area contributed by atoms with Crippen LogP contribution in [0.3, 0.4) is 0 Å². The number of fused-ring (bicyclic) bond motifs is 3. The summed E-state index contributed by atoms with van der Waals surface area (Å²) in [7, 11) is 0. The molecule has 0 amide bonds. The SMILES string of the molecule is O=C(OCc1ccccc1)c1cc(-c2ccccc2)c(=O)n2c1-c1ccccc1C2. The van der Waals surface area contributed by atoms with Gasteiger partial charge in [0.1, 0.15) is 6.61 Å². The Bertz CT molecular complexity index is 1290. The number of carbonyl (C=O) groups excluding carboxylic acids is 1. The van der Waals surface area contributed by atoms with E-state index in [1.54, 1.807) is 10.6 Å². The van der Waals surface area contributed by atoms with E-state index in [2.05, 4.69) is 0 Å². The lowest BCUT2D eigenvalue weighted by atomic mass is 10.00. The molecule has 4 nitrogen and oxygen atoms in total. The number of hydrogen-bond acceptors (Lipinski definition) is 3. The van der Waals surface area contributed by atoms with Gasteiger partial charge in [-0.2, -0.15) is 0 Å². The van der Waals surface area contributed by atoms with Crippen molar-refractivity contribution < 1.29 is 9.53 Å². The molecule has 0 radical (unpaired) electrons. The van der Waals surface area contributed by atoms with E-state index in [-0.39, 0.29) is 12.2 Å². The second-order valence-corrected chi connectivity index (χ2v) is 7.30. The third-order valence-electron chi connectivity index (χ3n) is 5.41. The van der Waals surface area contributed by atoms with Crippen molar-refractivity contribution in [1.29, 1.82) is 0 Å². The van der Waals surface area contributed by atoms with Gasteiger partial charge in [-0.1, -0.05) is 84.9 Å². The molecule has 0 saturated carbocycles. The van der Waals surface area contributed by atoms with Crippen molar-refractivity contribution in [3.63, 3.8) is 0 Å². The van der Waals surface area contributed by atoms with Gasteiger partial charge in [0.05, 0.1) is 17.8 Å². The summed E-state index contributed by atoms with van der Waals surface area (Å²) in [5, 5.41) is 0. The summed E-state index contributed by atoms with van der Waals surface area (Å²) in [6, 6.07) is 28.5. The van der Waals surface area contributed by atoms with Crippen molar-refractivity contribution in [2.45, 2.75) is 13.2 Å². The first-order valence-corrected chi connectivity index (χ1v) is 9.85. The van der Waals surface area contributed by atoms with Crippen LogP contribution in [0.2, 0.25) is 0 Å². The zero-order valence-electron chi connectivity index (χ0n) is 16.2. The maximum Gasteiger partial charge on any atom is 0.340 e. The van der Waals surface area contributed by atoms with Crippen molar-refractivity contribution in [2.75, 3.05) is 0 Å². The van der Waals surface area contributed by atoms with Crippen LogP contribution in [0, 0.1) is 0 Å². The molecule has 1 aliphatic heterocycles. The lowest BCUT2D eigenvalue weighted by molar-refractivity contribution is 0.0473. The Morgan fingerprint density at radius 2 is 1.50 bits per heavy atom. The van der Waals surface area contributed by atoms with E-state index < -0.39 is 5.97 Å². The lowest BCUT2D eigenvalue weighted by Crippen LogP contribution is -2.23. The van der Waals surface area contributed by atoms with E-state index in [0.717, 1.165) is 22.3 Å². The van der Waals surface area contributed by atoms with Gasteiger partial charge in [0.15, 0.2) is 0 Å². The summed E-state index contributed by atoms with van der Waals surface area (Å²) in [6.07, 6.45) is 0. The molecule has 0 unspecified atom stereocenters. The molecular weight excluding hydrogens is 374 g/mol. The fraction of sp³-hybridized carbons (Fsp3) is 0.0769. The Hall–Kier alpha value is -3.92. The van der Waals surface area contributed by atoms with Gasteiger partial charge in [-0.25, -0.2) is 4.79 Å². The highest BCUT2D eigenvalue weighted by Crippen LogP contribution is 2.35. The molecule has 0 spiro atoms. The Labute approximate surface area is 174 Å². The van der Waals surface area contributed by atoms with Crippen LogP contribution in [-0.2, 0) is 17.9 Å². The minimum Gasteiger partial charge on any atom is -0.457 e. The van der Waals surface area contributed by atoms with Crippen molar-refractivity contribution in [3.8, 4) is 22.4 Å². The van der Waals surface area contributed by atoms with Gasteiger partial charge in [0.2, 0.25) is 0 Å². The molecule has 5 rings (SSSR count). The second-order valence-electron chi connectivity index (χ2n) is 7.30. The van der Waals surface area contributed by atoms with Crippen LogP contribution in [0.15, 0.2) is 95.8 Å². The number of ether oxygens (including phenoxy) is 1. The van der Waals surface area contributed by atoms with Crippen LogP contribution >= 0.6 is 0 Å². The van der Waals surface area contributed by atoms with Crippen LogP contribution in [0.4, 0.5) is 0 Å². The molecule has 0 bridgehead atoms. The van der Waals surface area contributed by atoms with Crippen molar-refractivity contribution in [1.82, 2.24) is 4.57 Å². The molecule has 0 N–H and O–H groups in total. The predicted molar refractivity (Wildman–Crippen MR) is 116 cm³/mol. The van der Waals surface area contributed by atoms with Gasteiger partial charge in [0, 0.05) is 11.1 Å². The minimum absolute atomic E-state index is 0.105. The van der Waals surface area contributed by atoms with Gasteiger partial charge in [0.25, 0.3) is 5.56 Å². The third-order valence-corrected chi connectivity index (χ3v) is 5.41. The molecule has 0 saturated heterocycles. The first-order chi connectivity index (χ1) is 14.7. The molecule has 146 valence electrons. The van der Waals surface area contributed by atoms with Gasteiger partial charge >= 0.3 is 5.97 Å². The fourth-order valence-corrected chi connectivity index (χ4v) is 3.95. The summed E-state index contributed by atoms with van der Waals surface area (Å²) < 4.78 is 7.32. The number of rotatable bonds is 4. The highest BCUT2D eigenvalue weighted by Gasteiger charge is 2.28. The smallest absolute Gasteiger partial charge is 0.340 e. The fourth-order valence-electron chi connectivity index (χ4n) is 3.95. The van der Waals surface area contributed by atoms with E-state index in [9.17, 15) is 9.59 Å². The number of benzene rings is 3. The van der Waals surface area contributed by atoms with Crippen LogP contribution in [0.5, 0.6) is 0 Å². The van der Waals surface area contributed by atoms with Gasteiger partial charge in [-0.15, -0.1) is 0 Å². The topological polar surface area (TPSA) is 48.3 Å². The molecule has 4 aromatic rings. The molecule has 1 aliphatic rings. The van der Waals surface area contributed by atoms with Crippen molar-refractivity contribution >= 4 is 5.97 Å². The Kier molecular flexibility index (Phi) is 4.52. The molecule has 2 heterocycles. The van der Waals surface area contributed by atoms with Gasteiger partial charge in [-0.05, 0) is 22.8 Å². The first-order valence-electron chi connectivity index (χ1n) is 9.85. The number of carbonyl (C=O) groups is 1. The quantitative estimate of drug-likeness (QED) is 0.408. The number of aromatic nitrogens is 1. The average Bonchev–Trinajstić information content (AvgIpc) is 3.19. The van der Waals surface area contributed by atoms with Crippen LogP contribution < -0.4 is 5.56 Å².